The number of aliphatic imine (C=N–C) groups is 1. The van der Waals surface area contributed by atoms with Crippen molar-refractivity contribution in [1.29, 1.82) is 0 Å². The van der Waals surface area contributed by atoms with Gasteiger partial charge < -0.3 is 10.0 Å². The minimum atomic E-state index is -4.51. The number of hydrogen-bond acceptors (Lipinski definition) is 4. The van der Waals surface area contributed by atoms with E-state index in [1.54, 1.807) is 19.9 Å². The molecular weight excluding hydrogens is 402 g/mol. The first-order valence-corrected chi connectivity index (χ1v) is 9.36. The number of halogens is 6. The highest BCUT2D eigenvalue weighted by atomic mass is 32.2. The lowest BCUT2D eigenvalue weighted by Gasteiger charge is -2.23. The van der Waals surface area contributed by atoms with E-state index < -0.39 is 30.9 Å². The molecule has 2 rings (SSSR count). The molecule has 1 aromatic rings. The number of aliphatic hydroxyl groups excluding tert-OH is 1. The van der Waals surface area contributed by atoms with Crippen molar-refractivity contribution in [2.24, 2.45) is 4.99 Å². The summed E-state index contributed by atoms with van der Waals surface area (Å²) in [6.07, 6.45) is -10.2. The van der Waals surface area contributed by atoms with Crippen molar-refractivity contribution < 1.29 is 31.4 Å². The van der Waals surface area contributed by atoms with Crippen LogP contribution in [0.3, 0.4) is 0 Å². The Kier molecular flexibility index (Phi) is 6.44. The van der Waals surface area contributed by atoms with Gasteiger partial charge >= 0.3 is 12.4 Å². The smallest absolute Gasteiger partial charge is 0.373 e. The summed E-state index contributed by atoms with van der Waals surface area (Å²) in [6, 6.07) is 3.08. The molecule has 0 aromatic heterocycles. The molecule has 1 saturated heterocycles. The van der Waals surface area contributed by atoms with Crippen molar-refractivity contribution in [3.8, 4) is 0 Å². The van der Waals surface area contributed by atoms with Crippen molar-refractivity contribution in [1.82, 2.24) is 4.90 Å². The van der Waals surface area contributed by atoms with E-state index >= 15 is 0 Å². The third-order valence-electron chi connectivity index (χ3n) is 3.42. The van der Waals surface area contributed by atoms with E-state index in [1.165, 1.54) is 6.07 Å². The molecule has 0 aliphatic carbocycles. The molecule has 1 fully saturated rings. The van der Waals surface area contributed by atoms with E-state index in [0.29, 0.717) is 27.8 Å². The van der Waals surface area contributed by atoms with Crippen molar-refractivity contribution in [3.63, 3.8) is 0 Å². The molecule has 0 bridgehead atoms. The molecule has 3 nitrogen and oxygen atoms in total. The van der Waals surface area contributed by atoms with E-state index in [0.717, 1.165) is 16.7 Å². The van der Waals surface area contributed by atoms with Crippen LogP contribution in [0.5, 0.6) is 0 Å². The molecule has 1 aliphatic rings. The number of rotatable bonds is 4. The predicted octanol–water partition coefficient (Wildman–Crippen LogP) is 4.87. The maximum atomic E-state index is 12.7. The molecule has 1 heterocycles. The van der Waals surface area contributed by atoms with Gasteiger partial charge in [0.05, 0.1) is 11.4 Å². The van der Waals surface area contributed by atoms with E-state index in [4.69, 9.17) is 0 Å². The van der Waals surface area contributed by atoms with Gasteiger partial charge in [-0.2, -0.15) is 26.3 Å². The van der Waals surface area contributed by atoms with Crippen LogP contribution < -0.4 is 0 Å². The van der Waals surface area contributed by atoms with Crippen molar-refractivity contribution in [2.75, 3.05) is 18.1 Å². The second-order valence-corrected chi connectivity index (χ2v) is 7.74. The number of hydrogen-bond donors (Lipinski definition) is 1. The van der Waals surface area contributed by atoms with E-state index in [-0.39, 0.29) is 16.6 Å². The zero-order chi connectivity index (χ0) is 19.7. The standard InChI is InChI=1S/C15H16F6N2OS2/c1-8-3-9(2)11(26-7-15(19,20)21)4-10(8)22-13-23(6-14(16,17)18)12(24)5-25-13/h3-4,12,24H,5-7H2,1-2H3/b22-13-. The van der Waals surface area contributed by atoms with Crippen LogP contribution in [-0.2, 0) is 0 Å². The van der Waals surface area contributed by atoms with Crippen LogP contribution in [0, 0.1) is 13.8 Å². The Morgan fingerprint density at radius 3 is 2.38 bits per heavy atom. The molecule has 0 radical (unpaired) electrons. The molecule has 1 N–H and O–H groups in total. The molecule has 1 atom stereocenters. The lowest BCUT2D eigenvalue weighted by molar-refractivity contribution is -0.149. The molecule has 0 amide bonds. The SMILES string of the molecule is Cc1cc(C)c(SCC(F)(F)F)cc1/N=C1\SCC(O)N1CC(F)(F)F. The van der Waals surface area contributed by atoms with Gasteiger partial charge in [-0.3, -0.25) is 0 Å². The Bertz CT molecular complexity index is 690. The van der Waals surface area contributed by atoms with Gasteiger partial charge in [0.1, 0.15) is 12.8 Å². The van der Waals surface area contributed by atoms with Gasteiger partial charge in [0.2, 0.25) is 0 Å². The van der Waals surface area contributed by atoms with Crippen LogP contribution >= 0.6 is 23.5 Å². The fraction of sp³-hybridized carbons (Fsp3) is 0.533. The second kappa shape index (κ2) is 7.89. The number of aryl methyl sites for hydroxylation is 2. The summed E-state index contributed by atoms with van der Waals surface area (Å²) in [7, 11) is 0. The lowest BCUT2D eigenvalue weighted by atomic mass is 10.1. The summed E-state index contributed by atoms with van der Waals surface area (Å²) < 4.78 is 75.3. The number of amidine groups is 1. The van der Waals surface area contributed by atoms with Crippen LogP contribution in [0.15, 0.2) is 22.0 Å². The summed E-state index contributed by atoms with van der Waals surface area (Å²) >= 11 is 1.57. The Balaban J connectivity index is 2.30. The summed E-state index contributed by atoms with van der Waals surface area (Å²) in [5.74, 6) is -1.03. The lowest BCUT2D eigenvalue weighted by Crippen LogP contribution is -2.40. The first-order valence-electron chi connectivity index (χ1n) is 7.39. The highest BCUT2D eigenvalue weighted by molar-refractivity contribution is 8.14. The number of nitrogens with zero attached hydrogens (tertiary/aromatic N) is 2. The quantitative estimate of drug-likeness (QED) is 0.559. The predicted molar refractivity (Wildman–Crippen MR) is 91.0 cm³/mol. The maximum absolute atomic E-state index is 12.7. The fourth-order valence-electron chi connectivity index (χ4n) is 2.27. The second-order valence-electron chi connectivity index (χ2n) is 5.74. The Morgan fingerprint density at radius 1 is 1.15 bits per heavy atom. The maximum Gasteiger partial charge on any atom is 0.406 e. The molecule has 26 heavy (non-hydrogen) atoms. The highest BCUT2D eigenvalue weighted by Crippen LogP contribution is 2.35. The molecule has 1 unspecified atom stereocenters. The zero-order valence-corrected chi connectivity index (χ0v) is 15.4. The monoisotopic (exact) mass is 418 g/mol. The van der Waals surface area contributed by atoms with Gasteiger partial charge in [0, 0.05) is 10.6 Å². The Morgan fingerprint density at radius 2 is 1.81 bits per heavy atom. The molecule has 11 heteroatoms. The summed E-state index contributed by atoms with van der Waals surface area (Å²) in [6.45, 7) is 1.99. The van der Waals surface area contributed by atoms with E-state index in [2.05, 4.69) is 4.99 Å². The largest absolute Gasteiger partial charge is 0.406 e. The normalized spacial score (nSPS) is 20.3. The topological polar surface area (TPSA) is 35.8 Å². The van der Waals surface area contributed by atoms with Gasteiger partial charge in [-0.15, -0.1) is 11.8 Å². The molecule has 0 saturated carbocycles. The fourth-order valence-corrected chi connectivity index (χ4v) is 4.07. The van der Waals surface area contributed by atoms with Gasteiger partial charge in [0.15, 0.2) is 5.17 Å². The molecule has 0 spiro atoms. The van der Waals surface area contributed by atoms with Crippen LogP contribution in [0.2, 0.25) is 0 Å². The number of benzene rings is 1. The van der Waals surface area contributed by atoms with Gasteiger partial charge in [0.25, 0.3) is 0 Å². The Labute approximate surface area is 154 Å². The minimum Gasteiger partial charge on any atom is -0.373 e. The number of aliphatic hydroxyl groups is 1. The zero-order valence-electron chi connectivity index (χ0n) is 13.8. The average molecular weight is 418 g/mol. The van der Waals surface area contributed by atoms with Crippen LogP contribution in [0.25, 0.3) is 0 Å². The molecule has 146 valence electrons. The molecule has 1 aromatic carbocycles. The van der Waals surface area contributed by atoms with Crippen molar-refractivity contribution in [3.05, 3.63) is 23.3 Å². The molecule has 1 aliphatic heterocycles. The average Bonchev–Trinajstić information content (AvgIpc) is 2.79. The van der Waals surface area contributed by atoms with Gasteiger partial charge in [-0.1, -0.05) is 17.8 Å². The van der Waals surface area contributed by atoms with E-state index in [9.17, 15) is 31.4 Å². The third kappa shape index (κ3) is 5.98. The first kappa shape index (κ1) is 21.2. The highest BCUT2D eigenvalue weighted by Gasteiger charge is 2.38. The van der Waals surface area contributed by atoms with Crippen molar-refractivity contribution in [2.45, 2.75) is 37.3 Å². The summed E-state index contributed by atoms with van der Waals surface area (Å²) in [5, 5.41) is 9.73. The Hall–Kier alpha value is -1.07. The first-order chi connectivity index (χ1) is 11.9. The minimum absolute atomic E-state index is 0.00597. The number of alkyl halides is 6. The van der Waals surface area contributed by atoms with E-state index in [1.807, 2.05) is 0 Å². The van der Waals surface area contributed by atoms with Crippen LogP contribution in [-0.4, -0.2) is 51.8 Å². The van der Waals surface area contributed by atoms with Crippen LogP contribution in [0.1, 0.15) is 11.1 Å². The van der Waals surface area contributed by atoms with Crippen LogP contribution in [0.4, 0.5) is 32.0 Å². The third-order valence-corrected chi connectivity index (χ3v) is 5.69. The summed E-state index contributed by atoms with van der Waals surface area (Å²) in [4.78, 5) is 5.27. The molecular formula is C15H16F6N2OS2. The summed E-state index contributed by atoms with van der Waals surface area (Å²) in [5.41, 5.74) is 1.54. The number of thioether (sulfide) groups is 2. The van der Waals surface area contributed by atoms with Gasteiger partial charge in [-0.25, -0.2) is 4.99 Å². The van der Waals surface area contributed by atoms with Crippen molar-refractivity contribution >= 4 is 34.4 Å². The van der Waals surface area contributed by atoms with Gasteiger partial charge in [-0.05, 0) is 31.0 Å².